The Bertz CT molecular complexity index is 645. The van der Waals surface area contributed by atoms with E-state index in [1.165, 1.54) is 17.7 Å². The van der Waals surface area contributed by atoms with Crippen LogP contribution in [0.1, 0.15) is 35.6 Å². The largest absolute Gasteiger partial charge is 0.376 e. The van der Waals surface area contributed by atoms with Crippen LogP contribution < -0.4 is 5.32 Å². The Morgan fingerprint density at radius 3 is 2.29 bits per heavy atom. The smallest absolute Gasteiger partial charge is 0.146 e. The highest BCUT2D eigenvalue weighted by Gasteiger charge is 2.32. The van der Waals surface area contributed by atoms with Gasteiger partial charge in [0, 0.05) is 6.07 Å². The van der Waals surface area contributed by atoms with E-state index in [4.69, 9.17) is 0 Å². The Balaban J connectivity index is 1.89. The van der Waals surface area contributed by atoms with Crippen LogP contribution in [0.2, 0.25) is 0 Å². The maximum Gasteiger partial charge on any atom is 0.146 e. The van der Waals surface area contributed by atoms with Gasteiger partial charge in [0.25, 0.3) is 0 Å². The summed E-state index contributed by atoms with van der Waals surface area (Å²) in [4.78, 5) is 0. The summed E-state index contributed by atoms with van der Waals surface area (Å²) in [5.74, 6) is -0.277. The van der Waals surface area contributed by atoms with Crippen molar-refractivity contribution in [1.82, 2.24) is 0 Å². The first kappa shape index (κ1) is 14.1. The Morgan fingerprint density at radius 2 is 1.67 bits per heavy atom. The highest BCUT2D eigenvalue weighted by Crippen LogP contribution is 2.43. The van der Waals surface area contributed by atoms with Gasteiger partial charge in [0.2, 0.25) is 0 Å². The van der Waals surface area contributed by atoms with Gasteiger partial charge in [-0.25, -0.2) is 8.78 Å². The normalized spacial score (nSPS) is 15.8. The van der Waals surface area contributed by atoms with Gasteiger partial charge in [0.05, 0.1) is 11.7 Å². The Hall–Kier alpha value is -1.90. The molecule has 3 rings (SSSR count). The average molecular weight is 287 g/mol. The first-order chi connectivity index (χ1) is 10.0. The van der Waals surface area contributed by atoms with Gasteiger partial charge < -0.3 is 5.32 Å². The molecule has 0 spiro atoms. The molecule has 1 N–H and O–H groups in total. The summed E-state index contributed by atoms with van der Waals surface area (Å²) in [6.45, 7) is 3.61. The maximum absolute atomic E-state index is 14.0. The van der Waals surface area contributed by atoms with Crippen LogP contribution in [0.5, 0.6) is 0 Å². The molecule has 2 aromatic carbocycles. The van der Waals surface area contributed by atoms with Crippen LogP contribution in [0.25, 0.3) is 0 Å². The summed E-state index contributed by atoms with van der Waals surface area (Å²) in [5, 5.41) is 3.20. The molecular weight excluding hydrogens is 268 g/mol. The summed E-state index contributed by atoms with van der Waals surface area (Å²) in [5.41, 5.74) is 2.90. The van der Waals surface area contributed by atoms with Crippen molar-refractivity contribution in [3.8, 4) is 0 Å². The summed E-state index contributed by atoms with van der Waals surface area (Å²) in [6, 6.07) is 10.8. The number of halogens is 2. The van der Waals surface area contributed by atoms with Gasteiger partial charge in [-0.05, 0) is 49.8 Å². The molecule has 21 heavy (non-hydrogen) atoms. The van der Waals surface area contributed by atoms with E-state index >= 15 is 0 Å². The quantitative estimate of drug-likeness (QED) is 0.820. The first-order valence-electron chi connectivity index (χ1n) is 7.33. The molecule has 1 saturated carbocycles. The van der Waals surface area contributed by atoms with E-state index in [9.17, 15) is 8.78 Å². The van der Waals surface area contributed by atoms with Crippen molar-refractivity contribution in [2.45, 2.75) is 32.7 Å². The highest BCUT2D eigenvalue weighted by molar-refractivity contribution is 5.49. The average Bonchev–Trinajstić information content (AvgIpc) is 3.27. The Morgan fingerprint density at radius 1 is 1.00 bits per heavy atom. The van der Waals surface area contributed by atoms with Crippen LogP contribution >= 0.6 is 0 Å². The topological polar surface area (TPSA) is 12.0 Å². The van der Waals surface area contributed by atoms with Gasteiger partial charge in [-0.3, -0.25) is 0 Å². The molecule has 0 radical (unpaired) electrons. The lowest BCUT2D eigenvalue weighted by Gasteiger charge is -2.21. The van der Waals surface area contributed by atoms with Crippen LogP contribution in [-0.4, -0.2) is 0 Å². The molecule has 1 fully saturated rings. The van der Waals surface area contributed by atoms with Crippen molar-refractivity contribution in [3.05, 3.63) is 64.7 Å². The van der Waals surface area contributed by atoms with E-state index in [0.29, 0.717) is 11.5 Å². The fourth-order valence-electron chi connectivity index (χ4n) is 2.60. The molecule has 3 heteroatoms. The third-order valence-corrected chi connectivity index (χ3v) is 4.09. The van der Waals surface area contributed by atoms with Crippen molar-refractivity contribution in [2.24, 2.45) is 5.92 Å². The van der Waals surface area contributed by atoms with E-state index in [1.807, 2.05) is 6.92 Å². The zero-order valence-corrected chi connectivity index (χ0v) is 12.3. The molecule has 0 aromatic heterocycles. The number of hydrogen-bond donors (Lipinski definition) is 1. The number of aryl methyl sites for hydroxylation is 2. The summed E-state index contributed by atoms with van der Waals surface area (Å²) < 4.78 is 27.7. The fourth-order valence-corrected chi connectivity index (χ4v) is 2.60. The van der Waals surface area contributed by atoms with E-state index < -0.39 is 5.82 Å². The van der Waals surface area contributed by atoms with Gasteiger partial charge in [-0.15, -0.1) is 0 Å². The molecular formula is C18H19F2N. The summed E-state index contributed by atoms with van der Waals surface area (Å²) in [6.07, 6.45) is 2.25. The molecule has 0 amide bonds. The van der Waals surface area contributed by atoms with Crippen LogP contribution in [0.4, 0.5) is 14.5 Å². The molecule has 0 heterocycles. The second-order valence-electron chi connectivity index (χ2n) is 5.95. The van der Waals surface area contributed by atoms with Gasteiger partial charge in [0.1, 0.15) is 11.6 Å². The van der Waals surface area contributed by atoms with E-state index in [1.54, 1.807) is 6.92 Å². The van der Waals surface area contributed by atoms with E-state index in [0.717, 1.165) is 18.4 Å². The molecule has 2 aromatic rings. The molecule has 0 bridgehead atoms. The van der Waals surface area contributed by atoms with Gasteiger partial charge in [-0.1, -0.05) is 29.8 Å². The maximum atomic E-state index is 14.0. The van der Waals surface area contributed by atoms with Gasteiger partial charge >= 0.3 is 0 Å². The van der Waals surface area contributed by atoms with Crippen molar-refractivity contribution >= 4 is 5.69 Å². The first-order valence-corrected chi connectivity index (χ1v) is 7.33. The van der Waals surface area contributed by atoms with Crippen molar-refractivity contribution in [3.63, 3.8) is 0 Å². The molecule has 1 aliphatic rings. The monoisotopic (exact) mass is 287 g/mol. The Kier molecular flexibility index (Phi) is 3.66. The number of nitrogens with one attached hydrogen (secondary N) is 1. The van der Waals surface area contributed by atoms with Crippen molar-refractivity contribution in [1.29, 1.82) is 0 Å². The number of hydrogen-bond acceptors (Lipinski definition) is 1. The number of anilines is 1. The molecule has 0 saturated heterocycles. The lowest BCUT2D eigenvalue weighted by molar-refractivity contribution is 0.587. The minimum Gasteiger partial charge on any atom is -0.376 e. The minimum absolute atomic E-state index is 0.0437. The third kappa shape index (κ3) is 3.07. The number of rotatable bonds is 4. The second-order valence-corrected chi connectivity index (χ2v) is 5.95. The third-order valence-electron chi connectivity index (χ3n) is 4.09. The molecule has 1 unspecified atom stereocenters. The molecule has 0 aliphatic heterocycles. The second kappa shape index (κ2) is 5.47. The van der Waals surface area contributed by atoms with Crippen molar-refractivity contribution in [2.75, 3.05) is 5.32 Å². The standard InChI is InChI=1S/C18H19F2N/c1-11-3-5-13(6-4-11)18(14-7-8-14)21-17-10-15(19)12(2)9-16(17)20/h3-6,9-10,14,18,21H,7-8H2,1-2H3. The predicted octanol–water partition coefficient (Wildman–Crippen LogP) is 5.14. The van der Waals surface area contributed by atoms with Crippen LogP contribution in [-0.2, 0) is 0 Å². The molecule has 1 nitrogen and oxygen atoms in total. The van der Waals surface area contributed by atoms with Crippen LogP contribution in [0.3, 0.4) is 0 Å². The van der Waals surface area contributed by atoms with Gasteiger partial charge in [-0.2, -0.15) is 0 Å². The molecule has 110 valence electrons. The summed E-state index contributed by atoms with van der Waals surface area (Å²) >= 11 is 0. The minimum atomic E-state index is -0.397. The zero-order valence-electron chi connectivity index (χ0n) is 12.3. The SMILES string of the molecule is Cc1ccc(C(Nc2cc(F)c(C)cc2F)C2CC2)cc1. The fraction of sp³-hybridized carbons (Fsp3) is 0.333. The molecule has 1 aliphatic carbocycles. The lowest BCUT2D eigenvalue weighted by Crippen LogP contribution is -2.14. The molecule has 1 atom stereocenters. The highest BCUT2D eigenvalue weighted by atomic mass is 19.1. The van der Waals surface area contributed by atoms with Crippen LogP contribution in [0.15, 0.2) is 36.4 Å². The van der Waals surface area contributed by atoms with Gasteiger partial charge in [0.15, 0.2) is 0 Å². The summed E-state index contributed by atoms with van der Waals surface area (Å²) in [7, 11) is 0. The Labute approximate surface area is 124 Å². The van der Waals surface area contributed by atoms with E-state index in [-0.39, 0.29) is 17.5 Å². The predicted molar refractivity (Wildman–Crippen MR) is 81.4 cm³/mol. The lowest BCUT2D eigenvalue weighted by atomic mass is 10.0. The number of benzene rings is 2. The van der Waals surface area contributed by atoms with E-state index in [2.05, 4.69) is 29.6 Å². The van der Waals surface area contributed by atoms with Crippen molar-refractivity contribution < 1.29 is 8.78 Å². The van der Waals surface area contributed by atoms with Crippen LogP contribution in [0, 0.1) is 31.4 Å². The zero-order chi connectivity index (χ0) is 15.0.